The van der Waals surface area contributed by atoms with Crippen LogP contribution in [-0.2, 0) is 35.5 Å². The van der Waals surface area contributed by atoms with Crippen LogP contribution in [0.15, 0.2) is 97.1 Å². The molecule has 2 amide bonds. The van der Waals surface area contributed by atoms with E-state index >= 15 is 0 Å². The monoisotopic (exact) mass is 570 g/mol. The van der Waals surface area contributed by atoms with Crippen LogP contribution in [-0.4, -0.2) is 44.1 Å². The molecule has 4 rings (SSSR count). The molecule has 8 heteroatoms. The molecule has 0 fully saturated rings. The molecule has 4 aromatic rings. The topological polar surface area (TPSA) is 77.1 Å². The summed E-state index contributed by atoms with van der Waals surface area (Å²) in [6.07, 6.45) is 0.326. The summed E-state index contributed by atoms with van der Waals surface area (Å²) in [6, 6.07) is 27.4. The number of nitrogens with zero attached hydrogens (tertiary/aromatic N) is 1. The molecular formula is C34H35FN2O5. The van der Waals surface area contributed by atoms with Gasteiger partial charge in [0.2, 0.25) is 11.8 Å². The number of halogens is 1. The van der Waals surface area contributed by atoms with Crippen molar-refractivity contribution in [3.8, 4) is 17.2 Å². The normalized spacial score (nSPS) is 11.3. The van der Waals surface area contributed by atoms with E-state index in [9.17, 15) is 14.0 Å². The molecule has 0 unspecified atom stereocenters. The summed E-state index contributed by atoms with van der Waals surface area (Å²) in [7, 11) is 4.68. The first-order valence-corrected chi connectivity index (χ1v) is 13.6. The maximum absolute atomic E-state index is 14.0. The Labute approximate surface area is 245 Å². The summed E-state index contributed by atoms with van der Waals surface area (Å²) < 4.78 is 29.7. The van der Waals surface area contributed by atoms with Crippen LogP contribution in [0.3, 0.4) is 0 Å². The van der Waals surface area contributed by atoms with Crippen molar-refractivity contribution in [1.82, 2.24) is 10.2 Å². The Morgan fingerprint density at radius 1 is 0.738 bits per heavy atom. The molecule has 0 saturated carbocycles. The van der Waals surface area contributed by atoms with Crippen molar-refractivity contribution in [3.63, 3.8) is 0 Å². The van der Waals surface area contributed by atoms with Gasteiger partial charge >= 0.3 is 0 Å². The zero-order chi connectivity index (χ0) is 29.9. The minimum absolute atomic E-state index is 0.0264. The fourth-order valence-corrected chi connectivity index (χ4v) is 4.66. The lowest BCUT2D eigenvalue weighted by atomic mass is 10.0. The van der Waals surface area contributed by atoms with Gasteiger partial charge < -0.3 is 24.4 Å². The van der Waals surface area contributed by atoms with Gasteiger partial charge in [0.25, 0.3) is 0 Å². The highest BCUT2D eigenvalue weighted by Crippen LogP contribution is 2.28. The molecule has 42 heavy (non-hydrogen) atoms. The number of carbonyl (C=O) groups excluding carboxylic acids is 2. The third-order valence-electron chi connectivity index (χ3n) is 6.97. The summed E-state index contributed by atoms with van der Waals surface area (Å²) in [5.41, 5.74) is 3.21. The third kappa shape index (κ3) is 8.10. The van der Waals surface area contributed by atoms with Crippen LogP contribution in [0.4, 0.5) is 4.39 Å². The molecule has 0 aliphatic carbocycles. The summed E-state index contributed by atoms with van der Waals surface area (Å²) >= 11 is 0. The van der Waals surface area contributed by atoms with Crippen LogP contribution in [0.2, 0.25) is 0 Å². The van der Waals surface area contributed by atoms with Gasteiger partial charge in [0, 0.05) is 19.5 Å². The van der Waals surface area contributed by atoms with E-state index in [1.54, 1.807) is 49.5 Å². The highest BCUT2D eigenvalue weighted by molar-refractivity contribution is 5.89. The largest absolute Gasteiger partial charge is 0.497 e. The third-order valence-corrected chi connectivity index (χ3v) is 6.97. The predicted molar refractivity (Wildman–Crippen MR) is 159 cm³/mol. The van der Waals surface area contributed by atoms with Crippen molar-refractivity contribution >= 4 is 11.8 Å². The highest BCUT2D eigenvalue weighted by atomic mass is 19.1. The molecule has 1 N–H and O–H groups in total. The van der Waals surface area contributed by atoms with E-state index in [-0.39, 0.29) is 37.1 Å². The zero-order valence-corrected chi connectivity index (χ0v) is 24.0. The van der Waals surface area contributed by atoms with Gasteiger partial charge in [-0.15, -0.1) is 0 Å². The Balaban J connectivity index is 1.65. The number of ether oxygens (including phenoxy) is 3. The summed E-state index contributed by atoms with van der Waals surface area (Å²) in [6.45, 7) is 0.405. The van der Waals surface area contributed by atoms with E-state index in [1.807, 2.05) is 54.6 Å². The Hall–Kier alpha value is -4.85. The molecule has 0 bridgehead atoms. The van der Waals surface area contributed by atoms with Crippen LogP contribution >= 0.6 is 0 Å². The summed E-state index contributed by atoms with van der Waals surface area (Å²) in [5, 5.41) is 3.01. The minimum Gasteiger partial charge on any atom is -0.497 e. The number of benzene rings is 4. The maximum Gasteiger partial charge on any atom is 0.243 e. The molecule has 4 aromatic carbocycles. The Morgan fingerprint density at radius 2 is 1.38 bits per heavy atom. The molecule has 0 spiro atoms. The SMILES string of the molecule is COc1ccc(CNC(=O)[C@@H](Cc2ccccc2)N(Cc2ccc(F)cc2)C(=O)Cc2ccc(OC)c(OC)c2)cc1. The van der Waals surface area contributed by atoms with Gasteiger partial charge in [-0.05, 0) is 58.7 Å². The van der Waals surface area contributed by atoms with Gasteiger partial charge in [-0.1, -0.05) is 60.7 Å². The van der Waals surface area contributed by atoms with Crippen LogP contribution in [0.25, 0.3) is 0 Å². The maximum atomic E-state index is 14.0. The van der Waals surface area contributed by atoms with Gasteiger partial charge in [0.1, 0.15) is 17.6 Å². The van der Waals surface area contributed by atoms with E-state index < -0.39 is 6.04 Å². The molecule has 218 valence electrons. The average Bonchev–Trinajstić information content (AvgIpc) is 3.03. The second-order valence-corrected chi connectivity index (χ2v) is 9.79. The lowest BCUT2D eigenvalue weighted by Gasteiger charge is -2.32. The fraction of sp³-hybridized carbons (Fsp3) is 0.235. The van der Waals surface area contributed by atoms with Gasteiger partial charge in [-0.25, -0.2) is 4.39 Å². The molecule has 7 nitrogen and oxygen atoms in total. The van der Waals surface area contributed by atoms with Crippen molar-refractivity contribution < 1.29 is 28.2 Å². The highest BCUT2D eigenvalue weighted by Gasteiger charge is 2.30. The van der Waals surface area contributed by atoms with Gasteiger partial charge in [0.05, 0.1) is 27.8 Å². The van der Waals surface area contributed by atoms with Crippen molar-refractivity contribution in [3.05, 3.63) is 125 Å². The number of methoxy groups -OCH3 is 3. The molecule has 0 aliphatic heterocycles. The molecule has 0 aliphatic rings. The first-order chi connectivity index (χ1) is 20.4. The minimum atomic E-state index is -0.830. The molecule has 1 atom stereocenters. The van der Waals surface area contributed by atoms with Crippen molar-refractivity contribution in [1.29, 1.82) is 0 Å². The smallest absolute Gasteiger partial charge is 0.243 e. The second kappa shape index (κ2) is 14.7. The summed E-state index contributed by atoms with van der Waals surface area (Å²) in [5.74, 6) is 0.852. The van der Waals surface area contributed by atoms with Crippen molar-refractivity contribution in [2.75, 3.05) is 21.3 Å². The fourth-order valence-electron chi connectivity index (χ4n) is 4.66. The van der Waals surface area contributed by atoms with Crippen molar-refractivity contribution in [2.45, 2.75) is 32.0 Å². The number of nitrogens with one attached hydrogen (secondary N) is 1. The van der Waals surface area contributed by atoms with Crippen LogP contribution in [0.1, 0.15) is 22.3 Å². The van der Waals surface area contributed by atoms with E-state index in [2.05, 4.69) is 5.32 Å². The number of carbonyl (C=O) groups is 2. The lowest BCUT2D eigenvalue weighted by Crippen LogP contribution is -2.50. The number of rotatable bonds is 13. The molecule has 0 radical (unpaired) electrons. The van der Waals surface area contributed by atoms with E-state index in [0.717, 1.165) is 16.9 Å². The Morgan fingerprint density at radius 3 is 2.02 bits per heavy atom. The van der Waals surface area contributed by atoms with E-state index in [0.29, 0.717) is 29.0 Å². The molecule has 0 aromatic heterocycles. The molecule has 0 heterocycles. The van der Waals surface area contributed by atoms with Gasteiger partial charge in [-0.2, -0.15) is 0 Å². The molecule has 0 saturated heterocycles. The first-order valence-electron chi connectivity index (χ1n) is 13.6. The van der Waals surface area contributed by atoms with Crippen LogP contribution in [0, 0.1) is 5.82 Å². The van der Waals surface area contributed by atoms with Crippen LogP contribution < -0.4 is 19.5 Å². The quantitative estimate of drug-likeness (QED) is 0.235. The zero-order valence-electron chi connectivity index (χ0n) is 24.0. The Bertz CT molecular complexity index is 1460. The first kappa shape index (κ1) is 30.1. The summed E-state index contributed by atoms with van der Waals surface area (Å²) in [4.78, 5) is 29.4. The van der Waals surface area contributed by atoms with E-state index in [4.69, 9.17) is 14.2 Å². The number of amides is 2. The number of hydrogen-bond donors (Lipinski definition) is 1. The standard InChI is InChI=1S/C34H35FN2O5/c1-40-29-16-11-25(12-17-29)22-36-34(39)30(19-24-7-5-4-6-8-24)37(23-26-9-14-28(35)15-10-26)33(38)21-27-13-18-31(41-2)32(20-27)42-3/h4-18,20,30H,19,21-23H2,1-3H3,(H,36,39)/t30-/m1/s1. The van der Waals surface area contributed by atoms with E-state index in [1.165, 1.54) is 19.2 Å². The second-order valence-electron chi connectivity index (χ2n) is 9.79. The predicted octanol–water partition coefficient (Wildman–Crippen LogP) is 5.35. The average molecular weight is 571 g/mol. The van der Waals surface area contributed by atoms with Gasteiger partial charge in [0.15, 0.2) is 11.5 Å². The number of hydrogen-bond acceptors (Lipinski definition) is 5. The van der Waals surface area contributed by atoms with Crippen molar-refractivity contribution in [2.24, 2.45) is 0 Å². The molecular weight excluding hydrogens is 535 g/mol. The lowest BCUT2D eigenvalue weighted by molar-refractivity contribution is -0.140. The Kier molecular flexibility index (Phi) is 10.5. The van der Waals surface area contributed by atoms with Gasteiger partial charge in [-0.3, -0.25) is 9.59 Å². The van der Waals surface area contributed by atoms with Crippen LogP contribution in [0.5, 0.6) is 17.2 Å².